The Hall–Kier alpha value is -0.280. The van der Waals surface area contributed by atoms with Crippen molar-refractivity contribution in [3.63, 3.8) is 0 Å². The van der Waals surface area contributed by atoms with Crippen molar-refractivity contribution >= 4 is 23.2 Å². The van der Waals surface area contributed by atoms with E-state index in [1.165, 1.54) is 12.8 Å². The lowest BCUT2D eigenvalue weighted by molar-refractivity contribution is 0.0813. The summed E-state index contributed by atoms with van der Waals surface area (Å²) in [5, 5.41) is 1.53. The summed E-state index contributed by atoms with van der Waals surface area (Å²) in [5.41, 5.74) is 6.94. The lowest BCUT2D eigenvalue weighted by atomic mass is 9.91. The topological polar surface area (TPSA) is 29.3 Å². The molecule has 106 valence electrons. The van der Waals surface area contributed by atoms with Gasteiger partial charge in [0.1, 0.15) is 0 Å². The summed E-state index contributed by atoms with van der Waals surface area (Å²) in [6, 6.07) is 6.53. The van der Waals surface area contributed by atoms with Gasteiger partial charge in [0, 0.05) is 28.7 Å². The second-order valence-electron chi connectivity index (χ2n) is 5.57. The van der Waals surface area contributed by atoms with Crippen molar-refractivity contribution in [2.75, 3.05) is 13.1 Å². The van der Waals surface area contributed by atoms with E-state index >= 15 is 0 Å². The number of halogens is 2. The number of benzene rings is 1. The van der Waals surface area contributed by atoms with Crippen LogP contribution in [0.15, 0.2) is 18.2 Å². The maximum absolute atomic E-state index is 6.32. The summed E-state index contributed by atoms with van der Waals surface area (Å²) in [7, 11) is 0. The van der Waals surface area contributed by atoms with Gasteiger partial charge in [0.15, 0.2) is 0 Å². The van der Waals surface area contributed by atoms with Crippen LogP contribution in [-0.2, 0) is 0 Å². The van der Waals surface area contributed by atoms with Gasteiger partial charge in [-0.3, -0.25) is 4.90 Å². The van der Waals surface area contributed by atoms with Crippen LogP contribution in [0.25, 0.3) is 0 Å². The first-order valence-corrected chi connectivity index (χ1v) is 7.69. The first kappa shape index (κ1) is 15.1. The number of likely N-dealkylation sites (tertiary alicyclic amines) is 1. The van der Waals surface area contributed by atoms with Crippen LogP contribution in [0.3, 0.4) is 0 Å². The number of nitrogens with two attached hydrogens (primary N) is 1. The average molecular weight is 301 g/mol. The van der Waals surface area contributed by atoms with Gasteiger partial charge in [-0.1, -0.05) is 23.2 Å². The maximum Gasteiger partial charge on any atom is 0.0454 e. The molecule has 1 aromatic rings. The Morgan fingerprint density at radius 2 is 2.11 bits per heavy atom. The van der Waals surface area contributed by atoms with E-state index < -0.39 is 0 Å². The Balaban J connectivity index is 2.21. The number of nitrogens with zero attached hydrogens (tertiary/aromatic N) is 1. The van der Waals surface area contributed by atoms with Crippen LogP contribution in [0, 0.1) is 5.92 Å². The highest BCUT2D eigenvalue weighted by Crippen LogP contribution is 2.34. The monoisotopic (exact) mass is 300 g/mol. The Kier molecular flexibility index (Phi) is 5.13. The fraction of sp³-hybridized carbons (Fsp3) is 0.600. The average Bonchev–Trinajstić information content (AvgIpc) is 2.41. The van der Waals surface area contributed by atoms with Crippen molar-refractivity contribution in [3.05, 3.63) is 33.8 Å². The molecule has 1 aromatic carbocycles. The summed E-state index contributed by atoms with van der Waals surface area (Å²) in [5.74, 6) is 0.594. The number of hydrogen-bond donors (Lipinski definition) is 1. The predicted molar refractivity (Wildman–Crippen MR) is 82.8 cm³/mol. The molecule has 1 aliphatic rings. The SMILES string of the molecule is CC1CCC(CN)CN1C(C)c1cc(Cl)ccc1Cl. The van der Waals surface area contributed by atoms with Gasteiger partial charge in [-0.15, -0.1) is 0 Å². The molecule has 0 saturated carbocycles. The summed E-state index contributed by atoms with van der Waals surface area (Å²) in [6.07, 6.45) is 2.43. The molecule has 1 aliphatic heterocycles. The summed E-state index contributed by atoms with van der Waals surface area (Å²) < 4.78 is 0. The van der Waals surface area contributed by atoms with Crippen molar-refractivity contribution in [3.8, 4) is 0 Å². The molecule has 2 nitrogen and oxygen atoms in total. The Morgan fingerprint density at radius 3 is 2.79 bits per heavy atom. The van der Waals surface area contributed by atoms with Crippen LogP contribution >= 0.6 is 23.2 Å². The highest BCUT2D eigenvalue weighted by atomic mass is 35.5. The van der Waals surface area contributed by atoms with E-state index in [1.54, 1.807) is 0 Å². The molecule has 19 heavy (non-hydrogen) atoms. The molecule has 0 aromatic heterocycles. The van der Waals surface area contributed by atoms with E-state index in [0.717, 1.165) is 28.7 Å². The van der Waals surface area contributed by atoms with E-state index in [0.29, 0.717) is 12.0 Å². The van der Waals surface area contributed by atoms with Crippen molar-refractivity contribution in [2.45, 2.75) is 38.8 Å². The van der Waals surface area contributed by atoms with Crippen molar-refractivity contribution in [1.82, 2.24) is 4.90 Å². The number of piperidine rings is 1. The first-order valence-electron chi connectivity index (χ1n) is 6.93. The second-order valence-corrected chi connectivity index (χ2v) is 6.41. The molecule has 2 N–H and O–H groups in total. The lowest BCUT2D eigenvalue weighted by Crippen LogP contribution is -2.45. The molecular weight excluding hydrogens is 279 g/mol. The quantitative estimate of drug-likeness (QED) is 0.910. The largest absolute Gasteiger partial charge is 0.330 e. The summed E-state index contributed by atoms with van der Waals surface area (Å²) in [6.45, 7) is 6.29. The van der Waals surface area contributed by atoms with Crippen molar-refractivity contribution < 1.29 is 0 Å². The molecule has 0 radical (unpaired) electrons. The maximum atomic E-state index is 6.32. The standard InChI is InChI=1S/C15H22Cl2N2/c1-10-3-4-12(8-18)9-19(10)11(2)14-7-13(16)5-6-15(14)17/h5-7,10-12H,3-4,8-9,18H2,1-2H3. The van der Waals surface area contributed by atoms with E-state index in [-0.39, 0.29) is 6.04 Å². The smallest absolute Gasteiger partial charge is 0.0454 e. The van der Waals surface area contributed by atoms with Gasteiger partial charge in [-0.25, -0.2) is 0 Å². The van der Waals surface area contributed by atoms with Gasteiger partial charge < -0.3 is 5.73 Å². The fourth-order valence-corrected chi connectivity index (χ4v) is 3.41. The zero-order valence-electron chi connectivity index (χ0n) is 11.6. The third kappa shape index (κ3) is 3.43. The van der Waals surface area contributed by atoms with Gasteiger partial charge >= 0.3 is 0 Å². The van der Waals surface area contributed by atoms with Crippen LogP contribution in [0.2, 0.25) is 10.0 Å². The van der Waals surface area contributed by atoms with Crippen molar-refractivity contribution in [2.24, 2.45) is 11.7 Å². The molecule has 3 atom stereocenters. The molecule has 1 heterocycles. The van der Waals surface area contributed by atoms with Gasteiger partial charge in [0.2, 0.25) is 0 Å². The molecule has 0 bridgehead atoms. The molecule has 4 heteroatoms. The van der Waals surface area contributed by atoms with Gasteiger partial charge in [0.25, 0.3) is 0 Å². The van der Waals surface area contributed by atoms with E-state index in [1.807, 2.05) is 18.2 Å². The molecule has 3 unspecified atom stereocenters. The third-order valence-electron chi connectivity index (χ3n) is 4.27. The summed E-state index contributed by atoms with van der Waals surface area (Å²) >= 11 is 12.4. The van der Waals surface area contributed by atoms with Crippen LogP contribution < -0.4 is 5.73 Å². The molecule has 0 amide bonds. The van der Waals surface area contributed by atoms with Crippen LogP contribution in [-0.4, -0.2) is 24.0 Å². The normalized spacial score (nSPS) is 26.4. The van der Waals surface area contributed by atoms with E-state index in [2.05, 4.69) is 18.7 Å². The van der Waals surface area contributed by atoms with Crippen molar-refractivity contribution in [1.29, 1.82) is 0 Å². The Labute approximate surface area is 125 Å². The van der Waals surface area contributed by atoms with Gasteiger partial charge in [0.05, 0.1) is 0 Å². The minimum absolute atomic E-state index is 0.274. The zero-order chi connectivity index (χ0) is 14.0. The molecule has 0 spiro atoms. The minimum atomic E-state index is 0.274. The Bertz CT molecular complexity index is 436. The molecule has 2 rings (SSSR count). The van der Waals surface area contributed by atoms with Crippen LogP contribution in [0.5, 0.6) is 0 Å². The zero-order valence-corrected chi connectivity index (χ0v) is 13.1. The molecule has 1 fully saturated rings. The van der Waals surface area contributed by atoms with E-state index in [9.17, 15) is 0 Å². The fourth-order valence-electron chi connectivity index (χ4n) is 2.96. The van der Waals surface area contributed by atoms with Gasteiger partial charge in [-0.05, 0) is 62.9 Å². The van der Waals surface area contributed by atoms with Crippen LogP contribution in [0.4, 0.5) is 0 Å². The van der Waals surface area contributed by atoms with Gasteiger partial charge in [-0.2, -0.15) is 0 Å². The van der Waals surface area contributed by atoms with E-state index in [4.69, 9.17) is 28.9 Å². The predicted octanol–water partition coefficient (Wildman–Crippen LogP) is 4.11. The second kappa shape index (κ2) is 6.45. The third-order valence-corrected chi connectivity index (χ3v) is 4.85. The highest BCUT2D eigenvalue weighted by Gasteiger charge is 2.29. The Morgan fingerprint density at radius 1 is 1.37 bits per heavy atom. The summed E-state index contributed by atoms with van der Waals surface area (Å²) in [4.78, 5) is 2.50. The molecule has 1 saturated heterocycles. The van der Waals surface area contributed by atoms with Crippen LogP contribution in [0.1, 0.15) is 38.3 Å². The number of hydrogen-bond acceptors (Lipinski definition) is 2. The molecule has 0 aliphatic carbocycles. The number of rotatable bonds is 3. The first-order chi connectivity index (χ1) is 9.02. The highest BCUT2D eigenvalue weighted by molar-refractivity contribution is 6.33. The molecular formula is C15H22Cl2N2. The minimum Gasteiger partial charge on any atom is -0.330 e. The lowest BCUT2D eigenvalue weighted by Gasteiger charge is -2.41.